The molecule has 1 saturated heterocycles. The summed E-state index contributed by atoms with van der Waals surface area (Å²) < 4.78 is 0. The van der Waals surface area contributed by atoms with Crippen molar-refractivity contribution in [2.24, 2.45) is 11.8 Å². The second kappa shape index (κ2) is 4.70. The van der Waals surface area contributed by atoms with Crippen molar-refractivity contribution in [3.8, 4) is 6.07 Å². The molecule has 3 atom stereocenters. The van der Waals surface area contributed by atoms with Gasteiger partial charge in [0.2, 0.25) is 0 Å². The molecule has 0 aromatic carbocycles. The lowest BCUT2D eigenvalue weighted by atomic mass is 9.86. The molecule has 2 heterocycles. The highest BCUT2D eigenvalue weighted by atomic mass is 15.3. The fraction of sp³-hybridized carbons (Fsp3) is 0.615. The van der Waals surface area contributed by atoms with E-state index in [2.05, 4.69) is 41.9 Å². The number of hydrogen-bond donors (Lipinski definition) is 0. The molecule has 1 fully saturated rings. The average molecular weight is 230 g/mol. The van der Waals surface area contributed by atoms with Crippen LogP contribution in [0, 0.1) is 23.2 Å². The summed E-state index contributed by atoms with van der Waals surface area (Å²) in [4.78, 5) is 2.23. The number of rotatable bonds is 1. The maximum atomic E-state index is 9.12. The van der Waals surface area contributed by atoms with Crippen LogP contribution in [0.25, 0.3) is 0 Å². The van der Waals surface area contributed by atoms with Gasteiger partial charge in [0, 0.05) is 12.6 Å². The predicted octanol–water partition coefficient (Wildman–Crippen LogP) is 2.22. The van der Waals surface area contributed by atoms with E-state index in [-0.39, 0.29) is 0 Å². The first-order chi connectivity index (χ1) is 8.13. The monoisotopic (exact) mass is 230 g/mol. The molecule has 90 valence electrons. The third-order valence-electron chi connectivity index (χ3n) is 3.69. The van der Waals surface area contributed by atoms with Gasteiger partial charge >= 0.3 is 0 Å². The van der Waals surface area contributed by atoms with Gasteiger partial charge in [0.25, 0.3) is 0 Å². The first kappa shape index (κ1) is 11.8. The lowest BCUT2D eigenvalue weighted by Gasteiger charge is -2.41. The smallest absolute Gasteiger partial charge is 0.169 e. The Morgan fingerprint density at radius 3 is 2.88 bits per heavy atom. The Balaban J connectivity index is 2.35. The zero-order valence-electron chi connectivity index (χ0n) is 10.6. The third kappa shape index (κ3) is 2.23. The van der Waals surface area contributed by atoms with Gasteiger partial charge in [-0.3, -0.25) is 0 Å². The zero-order valence-corrected chi connectivity index (χ0v) is 10.6. The van der Waals surface area contributed by atoms with Crippen LogP contribution in [0.2, 0.25) is 0 Å². The van der Waals surface area contributed by atoms with Gasteiger partial charge in [-0.25, -0.2) is 0 Å². The van der Waals surface area contributed by atoms with Gasteiger partial charge in [0.05, 0.1) is 11.8 Å². The van der Waals surface area contributed by atoms with E-state index in [1.165, 1.54) is 6.42 Å². The van der Waals surface area contributed by atoms with Crippen LogP contribution in [-0.2, 0) is 0 Å². The summed E-state index contributed by atoms with van der Waals surface area (Å²) in [5.74, 6) is 1.99. The van der Waals surface area contributed by atoms with Crippen LogP contribution in [0.5, 0.6) is 0 Å². The number of nitrogens with zero attached hydrogens (tertiary/aromatic N) is 4. The molecule has 17 heavy (non-hydrogen) atoms. The molecule has 1 aliphatic rings. The maximum Gasteiger partial charge on any atom is 0.169 e. The van der Waals surface area contributed by atoms with Crippen LogP contribution in [-0.4, -0.2) is 22.8 Å². The molecule has 1 aromatic rings. The van der Waals surface area contributed by atoms with Crippen molar-refractivity contribution in [2.45, 2.75) is 33.2 Å². The molecule has 3 unspecified atom stereocenters. The van der Waals surface area contributed by atoms with E-state index in [1.807, 2.05) is 0 Å². The normalized spacial score (nSPS) is 28.8. The molecule has 0 radical (unpaired) electrons. The summed E-state index contributed by atoms with van der Waals surface area (Å²) in [7, 11) is 0. The molecule has 1 aromatic heterocycles. The predicted molar refractivity (Wildman–Crippen MR) is 66.5 cm³/mol. The first-order valence-electron chi connectivity index (χ1n) is 6.12. The summed E-state index contributed by atoms with van der Waals surface area (Å²) >= 11 is 0. The van der Waals surface area contributed by atoms with Gasteiger partial charge in [0.15, 0.2) is 5.82 Å². The van der Waals surface area contributed by atoms with Crippen molar-refractivity contribution in [3.63, 3.8) is 0 Å². The number of nitriles is 1. The highest BCUT2D eigenvalue weighted by molar-refractivity contribution is 5.53. The SMILES string of the molecule is CC1CC(C)C(C)N(c2nnccc2C#N)C1. The van der Waals surface area contributed by atoms with Gasteiger partial charge in [0.1, 0.15) is 6.07 Å². The van der Waals surface area contributed by atoms with Crippen molar-refractivity contribution in [1.29, 1.82) is 5.26 Å². The summed E-state index contributed by atoms with van der Waals surface area (Å²) in [5.41, 5.74) is 0.619. The Kier molecular flexibility index (Phi) is 3.28. The lowest BCUT2D eigenvalue weighted by molar-refractivity contribution is 0.295. The van der Waals surface area contributed by atoms with E-state index in [0.29, 0.717) is 23.4 Å². The molecule has 1 aliphatic heterocycles. The minimum absolute atomic E-state index is 0.412. The molecular weight excluding hydrogens is 212 g/mol. The zero-order chi connectivity index (χ0) is 12.4. The highest BCUT2D eigenvalue weighted by Gasteiger charge is 2.30. The van der Waals surface area contributed by atoms with Crippen LogP contribution in [0.15, 0.2) is 12.3 Å². The Morgan fingerprint density at radius 2 is 2.18 bits per heavy atom. The molecule has 0 saturated carbocycles. The maximum absolute atomic E-state index is 9.12. The Labute approximate surface area is 102 Å². The number of aromatic nitrogens is 2. The topological polar surface area (TPSA) is 52.8 Å². The lowest BCUT2D eigenvalue weighted by Crippen LogP contribution is -2.46. The van der Waals surface area contributed by atoms with E-state index in [1.54, 1.807) is 12.3 Å². The molecule has 0 N–H and O–H groups in total. The molecule has 0 amide bonds. The third-order valence-corrected chi connectivity index (χ3v) is 3.69. The molecular formula is C13H18N4. The summed E-state index contributed by atoms with van der Waals surface area (Å²) in [6.07, 6.45) is 2.81. The summed E-state index contributed by atoms with van der Waals surface area (Å²) in [6.45, 7) is 7.67. The van der Waals surface area contributed by atoms with Crippen molar-refractivity contribution in [1.82, 2.24) is 10.2 Å². The van der Waals surface area contributed by atoms with E-state index in [0.717, 1.165) is 12.4 Å². The van der Waals surface area contributed by atoms with Gasteiger partial charge < -0.3 is 4.90 Å². The summed E-state index contributed by atoms with van der Waals surface area (Å²) in [6, 6.07) is 4.35. The highest BCUT2D eigenvalue weighted by Crippen LogP contribution is 2.31. The number of hydrogen-bond acceptors (Lipinski definition) is 4. The minimum Gasteiger partial charge on any atom is -0.351 e. The second-order valence-corrected chi connectivity index (χ2v) is 5.09. The first-order valence-corrected chi connectivity index (χ1v) is 6.12. The van der Waals surface area contributed by atoms with Gasteiger partial charge in [-0.1, -0.05) is 13.8 Å². The Morgan fingerprint density at radius 1 is 1.41 bits per heavy atom. The van der Waals surface area contributed by atoms with Crippen molar-refractivity contribution >= 4 is 5.82 Å². The second-order valence-electron chi connectivity index (χ2n) is 5.09. The van der Waals surface area contributed by atoms with Crippen LogP contribution in [0.4, 0.5) is 5.82 Å². The van der Waals surface area contributed by atoms with E-state index in [9.17, 15) is 0 Å². The average Bonchev–Trinajstić information content (AvgIpc) is 2.33. The van der Waals surface area contributed by atoms with E-state index >= 15 is 0 Å². The molecule has 0 spiro atoms. The Bertz CT molecular complexity index is 437. The van der Waals surface area contributed by atoms with Crippen LogP contribution < -0.4 is 4.90 Å². The quantitative estimate of drug-likeness (QED) is 0.742. The van der Waals surface area contributed by atoms with E-state index in [4.69, 9.17) is 5.26 Å². The number of piperidine rings is 1. The fourth-order valence-electron chi connectivity index (χ4n) is 2.62. The van der Waals surface area contributed by atoms with Crippen molar-refractivity contribution < 1.29 is 0 Å². The molecule has 2 rings (SSSR count). The van der Waals surface area contributed by atoms with Gasteiger partial charge in [-0.2, -0.15) is 10.4 Å². The van der Waals surface area contributed by atoms with Crippen molar-refractivity contribution in [2.75, 3.05) is 11.4 Å². The Hall–Kier alpha value is -1.63. The molecule has 0 bridgehead atoms. The molecule has 4 heteroatoms. The van der Waals surface area contributed by atoms with Crippen LogP contribution in [0.1, 0.15) is 32.8 Å². The summed E-state index contributed by atoms with van der Waals surface area (Å²) in [5, 5.41) is 17.2. The van der Waals surface area contributed by atoms with Crippen molar-refractivity contribution in [3.05, 3.63) is 17.8 Å². The number of anilines is 1. The largest absolute Gasteiger partial charge is 0.351 e. The standard InChI is InChI=1S/C13H18N4/c1-9-6-10(2)11(3)17(8-9)13-12(7-14)4-5-15-16-13/h4-5,9-11H,6,8H2,1-3H3. The van der Waals surface area contributed by atoms with Gasteiger partial charge in [-0.15, -0.1) is 5.10 Å². The fourth-order valence-corrected chi connectivity index (χ4v) is 2.62. The molecule has 0 aliphatic carbocycles. The van der Waals surface area contributed by atoms with Crippen LogP contribution in [0.3, 0.4) is 0 Å². The van der Waals surface area contributed by atoms with Crippen LogP contribution >= 0.6 is 0 Å². The minimum atomic E-state index is 0.412. The van der Waals surface area contributed by atoms with Gasteiger partial charge in [-0.05, 0) is 31.2 Å². The van der Waals surface area contributed by atoms with E-state index < -0.39 is 0 Å². The molecule has 4 nitrogen and oxygen atoms in total.